The molecule has 1 aliphatic heterocycles. The molecule has 3 N–H and O–H groups in total. The fourth-order valence-corrected chi connectivity index (χ4v) is 3.77. The third-order valence-corrected chi connectivity index (χ3v) is 4.84. The van der Waals surface area contributed by atoms with Crippen molar-refractivity contribution in [1.82, 2.24) is 5.32 Å². The molecule has 1 aromatic carbocycles. The van der Waals surface area contributed by atoms with E-state index in [-0.39, 0.29) is 29.4 Å². The Kier molecular flexibility index (Phi) is 4.46. The van der Waals surface area contributed by atoms with Crippen LogP contribution in [0.2, 0.25) is 0 Å². The van der Waals surface area contributed by atoms with Gasteiger partial charge in [0.15, 0.2) is 16.4 Å². The van der Waals surface area contributed by atoms with Crippen molar-refractivity contribution in [3.63, 3.8) is 0 Å². The van der Waals surface area contributed by atoms with Gasteiger partial charge in [-0.3, -0.25) is 9.59 Å². The number of ether oxygens (including phenoxy) is 1. The van der Waals surface area contributed by atoms with Crippen molar-refractivity contribution in [2.45, 2.75) is 12.5 Å². The molecule has 0 radical (unpaired) electrons. The number of carbonyl (C=O) groups excluding carboxylic acids is 2. The Balaban J connectivity index is 2.07. The minimum absolute atomic E-state index is 0.0525. The van der Waals surface area contributed by atoms with Crippen molar-refractivity contribution in [3.05, 3.63) is 29.8 Å². The first-order valence-electron chi connectivity index (χ1n) is 6.39. The molecule has 21 heavy (non-hydrogen) atoms. The largest absolute Gasteiger partial charge is 0.483 e. The van der Waals surface area contributed by atoms with Crippen LogP contribution >= 0.6 is 0 Å². The Labute approximate surface area is 122 Å². The van der Waals surface area contributed by atoms with Gasteiger partial charge in [-0.2, -0.15) is 0 Å². The number of hydrogen-bond acceptors (Lipinski definition) is 5. The van der Waals surface area contributed by atoms with Crippen LogP contribution in [0.15, 0.2) is 24.3 Å². The van der Waals surface area contributed by atoms with E-state index in [2.05, 4.69) is 5.32 Å². The number of rotatable bonds is 5. The molecule has 0 aromatic heterocycles. The molecular weight excluding hydrogens is 296 g/mol. The molecule has 114 valence electrons. The van der Waals surface area contributed by atoms with Crippen molar-refractivity contribution < 1.29 is 22.7 Å². The van der Waals surface area contributed by atoms with Crippen LogP contribution in [0.1, 0.15) is 16.8 Å². The molecule has 2 amide bonds. The fourth-order valence-electron chi connectivity index (χ4n) is 2.10. The van der Waals surface area contributed by atoms with Crippen molar-refractivity contribution in [3.8, 4) is 5.75 Å². The van der Waals surface area contributed by atoms with E-state index in [4.69, 9.17) is 10.5 Å². The summed E-state index contributed by atoms with van der Waals surface area (Å²) >= 11 is 0. The number of amides is 2. The molecule has 1 fully saturated rings. The zero-order chi connectivity index (χ0) is 15.5. The maximum Gasteiger partial charge on any atom is 0.255 e. The molecular formula is C13H16N2O5S. The summed E-state index contributed by atoms with van der Waals surface area (Å²) in [6.07, 6.45) is 0.401. The lowest BCUT2D eigenvalue weighted by Gasteiger charge is -2.13. The molecule has 0 aliphatic carbocycles. The van der Waals surface area contributed by atoms with E-state index in [1.807, 2.05) is 0 Å². The highest BCUT2D eigenvalue weighted by Crippen LogP contribution is 2.19. The SMILES string of the molecule is NC(=O)COc1ccccc1C(=O)N[C@@H]1CCS(=O)(=O)C1. The first-order valence-corrected chi connectivity index (χ1v) is 8.21. The smallest absolute Gasteiger partial charge is 0.255 e. The van der Waals surface area contributed by atoms with Crippen LogP contribution in [0.5, 0.6) is 5.75 Å². The van der Waals surface area contributed by atoms with Crippen molar-refractivity contribution in [2.75, 3.05) is 18.1 Å². The summed E-state index contributed by atoms with van der Waals surface area (Å²) in [7, 11) is -3.06. The Morgan fingerprint density at radius 3 is 2.67 bits per heavy atom. The molecule has 2 rings (SSSR count). The summed E-state index contributed by atoms with van der Waals surface area (Å²) in [5.74, 6) is -0.820. The minimum Gasteiger partial charge on any atom is -0.483 e. The summed E-state index contributed by atoms with van der Waals surface area (Å²) < 4.78 is 27.9. The van der Waals surface area contributed by atoms with Crippen LogP contribution in [0.25, 0.3) is 0 Å². The van der Waals surface area contributed by atoms with E-state index in [0.717, 1.165) is 0 Å². The highest BCUT2D eigenvalue weighted by molar-refractivity contribution is 7.91. The molecule has 1 aromatic rings. The quantitative estimate of drug-likeness (QED) is 0.758. The minimum atomic E-state index is -3.06. The second-order valence-electron chi connectivity index (χ2n) is 4.82. The highest BCUT2D eigenvalue weighted by Gasteiger charge is 2.29. The Morgan fingerprint density at radius 1 is 1.33 bits per heavy atom. The van der Waals surface area contributed by atoms with E-state index in [9.17, 15) is 18.0 Å². The molecule has 1 saturated heterocycles. The molecule has 7 nitrogen and oxygen atoms in total. The van der Waals surface area contributed by atoms with Crippen molar-refractivity contribution >= 4 is 21.7 Å². The van der Waals surface area contributed by atoms with Crippen LogP contribution in [-0.2, 0) is 14.6 Å². The number of primary amides is 1. The lowest BCUT2D eigenvalue weighted by molar-refractivity contribution is -0.119. The van der Waals surface area contributed by atoms with Crippen LogP contribution in [-0.4, -0.2) is 44.4 Å². The highest BCUT2D eigenvalue weighted by atomic mass is 32.2. The normalized spacial score (nSPS) is 19.9. The standard InChI is InChI=1S/C13H16N2O5S/c14-12(16)7-20-11-4-2-1-3-10(11)13(17)15-9-5-6-21(18,19)8-9/h1-4,9H,5-8H2,(H2,14,16)(H,15,17)/t9-/m1/s1. The second kappa shape index (κ2) is 6.13. The molecule has 0 bridgehead atoms. The maximum absolute atomic E-state index is 12.2. The molecule has 0 unspecified atom stereocenters. The predicted molar refractivity (Wildman–Crippen MR) is 75.7 cm³/mol. The van der Waals surface area contributed by atoms with Gasteiger partial charge in [0.05, 0.1) is 17.1 Å². The molecule has 8 heteroatoms. The van der Waals surface area contributed by atoms with Gasteiger partial charge < -0.3 is 15.8 Å². The van der Waals surface area contributed by atoms with E-state index >= 15 is 0 Å². The summed E-state index contributed by atoms with van der Waals surface area (Å²) in [5, 5.41) is 2.66. The van der Waals surface area contributed by atoms with Gasteiger partial charge in [0.2, 0.25) is 0 Å². The Bertz CT molecular complexity index is 656. The first kappa shape index (κ1) is 15.3. The van der Waals surface area contributed by atoms with E-state index in [1.54, 1.807) is 18.2 Å². The van der Waals surface area contributed by atoms with Gasteiger partial charge in [0.1, 0.15) is 5.75 Å². The lowest BCUT2D eigenvalue weighted by Crippen LogP contribution is -2.35. The van der Waals surface area contributed by atoms with Gasteiger partial charge in [-0.15, -0.1) is 0 Å². The number of benzene rings is 1. The van der Waals surface area contributed by atoms with E-state index < -0.39 is 27.7 Å². The zero-order valence-corrected chi connectivity index (χ0v) is 12.1. The summed E-state index contributed by atoms with van der Waals surface area (Å²) in [6, 6.07) is 6.00. The Morgan fingerprint density at radius 2 is 2.05 bits per heavy atom. The number of carbonyl (C=O) groups is 2. The van der Waals surface area contributed by atoms with Crippen molar-refractivity contribution in [2.24, 2.45) is 5.73 Å². The summed E-state index contributed by atoms with van der Waals surface area (Å²) in [5.41, 5.74) is 5.24. The Hall–Kier alpha value is -2.09. The van der Waals surface area contributed by atoms with Gasteiger partial charge in [-0.05, 0) is 18.6 Å². The average molecular weight is 312 g/mol. The van der Waals surface area contributed by atoms with E-state index in [0.29, 0.717) is 6.42 Å². The molecule has 0 spiro atoms. The number of nitrogens with one attached hydrogen (secondary N) is 1. The molecule has 1 heterocycles. The van der Waals surface area contributed by atoms with Crippen LogP contribution in [0, 0.1) is 0 Å². The predicted octanol–water partition coefficient (Wildman–Crippen LogP) is -0.532. The van der Waals surface area contributed by atoms with Crippen LogP contribution in [0.4, 0.5) is 0 Å². The zero-order valence-electron chi connectivity index (χ0n) is 11.2. The number of hydrogen-bond donors (Lipinski definition) is 2. The van der Waals surface area contributed by atoms with E-state index in [1.165, 1.54) is 6.07 Å². The first-order chi connectivity index (χ1) is 9.87. The van der Waals surface area contributed by atoms with Gasteiger partial charge >= 0.3 is 0 Å². The molecule has 1 atom stereocenters. The monoisotopic (exact) mass is 312 g/mol. The van der Waals surface area contributed by atoms with Crippen LogP contribution in [0.3, 0.4) is 0 Å². The average Bonchev–Trinajstić information content (AvgIpc) is 2.75. The lowest BCUT2D eigenvalue weighted by atomic mass is 10.1. The third-order valence-electron chi connectivity index (χ3n) is 3.07. The summed E-state index contributed by atoms with van der Waals surface area (Å²) in [4.78, 5) is 22.9. The topological polar surface area (TPSA) is 116 Å². The fraction of sp³-hybridized carbons (Fsp3) is 0.385. The number of para-hydroxylation sites is 1. The number of nitrogens with two attached hydrogens (primary N) is 1. The third kappa shape index (κ3) is 4.19. The van der Waals surface area contributed by atoms with Gasteiger partial charge in [-0.1, -0.05) is 12.1 Å². The van der Waals surface area contributed by atoms with Gasteiger partial charge in [0.25, 0.3) is 11.8 Å². The second-order valence-corrected chi connectivity index (χ2v) is 7.05. The molecule has 0 saturated carbocycles. The summed E-state index contributed by atoms with van der Waals surface area (Å²) in [6.45, 7) is -0.331. The van der Waals surface area contributed by atoms with Crippen molar-refractivity contribution in [1.29, 1.82) is 0 Å². The maximum atomic E-state index is 12.2. The van der Waals surface area contributed by atoms with Gasteiger partial charge in [-0.25, -0.2) is 8.42 Å². The van der Waals surface area contributed by atoms with Crippen LogP contribution < -0.4 is 15.8 Å². The molecule has 1 aliphatic rings. The van der Waals surface area contributed by atoms with Gasteiger partial charge in [0, 0.05) is 6.04 Å². The number of sulfone groups is 1.